The van der Waals surface area contributed by atoms with Crippen molar-refractivity contribution in [3.63, 3.8) is 0 Å². The molecule has 0 unspecified atom stereocenters. The highest BCUT2D eigenvalue weighted by Crippen LogP contribution is 2.19. The zero-order chi connectivity index (χ0) is 19.8. The number of aromatic amines is 1. The van der Waals surface area contributed by atoms with Crippen LogP contribution in [-0.4, -0.2) is 53.8 Å². The summed E-state index contributed by atoms with van der Waals surface area (Å²) in [6.07, 6.45) is 2.58. The molecular formula is C19H28N4O4. The Kier molecular flexibility index (Phi) is 7.78. The van der Waals surface area contributed by atoms with E-state index in [2.05, 4.69) is 10.3 Å². The smallest absolute Gasteiger partial charge is 0.328 e. The summed E-state index contributed by atoms with van der Waals surface area (Å²) in [6, 6.07) is 6.02. The first-order valence-electron chi connectivity index (χ1n) is 9.04. The molecule has 8 heteroatoms. The highest BCUT2D eigenvalue weighted by Gasteiger charge is 2.29. The average Bonchev–Trinajstić information content (AvgIpc) is 3.09. The zero-order valence-electron chi connectivity index (χ0n) is 15.5. The average molecular weight is 376 g/mol. The molecular weight excluding hydrogens is 348 g/mol. The van der Waals surface area contributed by atoms with Crippen molar-refractivity contribution in [3.8, 4) is 0 Å². The minimum atomic E-state index is -1.40. The van der Waals surface area contributed by atoms with E-state index in [-0.39, 0.29) is 6.42 Å². The maximum absolute atomic E-state index is 12.4. The van der Waals surface area contributed by atoms with Crippen LogP contribution in [0.3, 0.4) is 0 Å². The van der Waals surface area contributed by atoms with E-state index >= 15 is 0 Å². The number of aromatic nitrogens is 1. The van der Waals surface area contributed by atoms with E-state index in [1.807, 2.05) is 24.3 Å². The summed E-state index contributed by atoms with van der Waals surface area (Å²) >= 11 is 0. The fourth-order valence-electron chi connectivity index (χ4n) is 2.99. The molecule has 0 bridgehead atoms. The second-order valence-corrected chi connectivity index (χ2v) is 6.54. The van der Waals surface area contributed by atoms with E-state index in [9.17, 15) is 14.7 Å². The molecule has 1 aromatic carbocycles. The standard InChI is InChI=1S/C19H28N4O4/c1-27-19(26)16(10-12-11-22-15-8-3-2-6-13(12)15)23-18(25)17(24)14(21)7-4-5-9-20/h2-3,6,8,11,14,16-17,22,24H,4-5,7,9-10,20-21H2,1H3,(H,23,25)/t14-,16-,17-/m1/s1. The van der Waals surface area contributed by atoms with Gasteiger partial charge >= 0.3 is 5.97 Å². The molecule has 2 rings (SSSR count). The van der Waals surface area contributed by atoms with Gasteiger partial charge in [0.05, 0.1) is 7.11 Å². The van der Waals surface area contributed by atoms with Gasteiger partial charge in [0.25, 0.3) is 5.91 Å². The number of ether oxygens (including phenoxy) is 1. The summed E-state index contributed by atoms with van der Waals surface area (Å²) in [5.41, 5.74) is 13.1. The fourth-order valence-corrected chi connectivity index (χ4v) is 2.99. The van der Waals surface area contributed by atoms with E-state index in [0.29, 0.717) is 13.0 Å². The number of carbonyl (C=O) groups excluding carboxylic acids is 2. The van der Waals surface area contributed by atoms with Gasteiger partial charge in [-0.05, 0) is 31.0 Å². The lowest BCUT2D eigenvalue weighted by molar-refractivity contribution is -0.146. The van der Waals surface area contributed by atoms with Gasteiger partial charge < -0.3 is 31.6 Å². The monoisotopic (exact) mass is 376 g/mol. The van der Waals surface area contributed by atoms with E-state index in [0.717, 1.165) is 29.3 Å². The number of amides is 1. The fraction of sp³-hybridized carbons (Fsp3) is 0.474. The Morgan fingerprint density at radius 3 is 2.74 bits per heavy atom. The zero-order valence-corrected chi connectivity index (χ0v) is 15.5. The molecule has 0 saturated carbocycles. The highest BCUT2D eigenvalue weighted by molar-refractivity contribution is 5.89. The molecule has 1 amide bonds. The first kappa shape index (κ1) is 20.9. The van der Waals surface area contributed by atoms with E-state index in [1.165, 1.54) is 7.11 Å². The molecule has 0 spiro atoms. The van der Waals surface area contributed by atoms with Gasteiger partial charge in [-0.15, -0.1) is 0 Å². The number of nitrogens with one attached hydrogen (secondary N) is 2. The van der Waals surface area contributed by atoms with Crippen LogP contribution in [0.15, 0.2) is 30.5 Å². The molecule has 7 N–H and O–H groups in total. The van der Waals surface area contributed by atoms with Crippen LogP contribution in [0.4, 0.5) is 0 Å². The van der Waals surface area contributed by atoms with Crippen LogP contribution >= 0.6 is 0 Å². The summed E-state index contributed by atoms with van der Waals surface area (Å²) in [7, 11) is 1.26. The molecule has 27 heavy (non-hydrogen) atoms. The summed E-state index contributed by atoms with van der Waals surface area (Å²) in [5, 5.41) is 13.7. The van der Waals surface area contributed by atoms with Gasteiger partial charge in [0.2, 0.25) is 0 Å². The topological polar surface area (TPSA) is 143 Å². The molecule has 0 aliphatic carbocycles. The summed E-state index contributed by atoms with van der Waals surface area (Å²) in [6.45, 7) is 0.532. The number of methoxy groups -OCH3 is 1. The predicted octanol–water partition coefficient (Wildman–Crippen LogP) is 0.185. The van der Waals surface area contributed by atoms with Gasteiger partial charge in [-0.2, -0.15) is 0 Å². The van der Waals surface area contributed by atoms with Gasteiger partial charge in [0, 0.05) is 29.6 Å². The Morgan fingerprint density at radius 1 is 1.30 bits per heavy atom. The Hall–Kier alpha value is -2.42. The maximum Gasteiger partial charge on any atom is 0.328 e. The molecule has 1 aromatic heterocycles. The van der Waals surface area contributed by atoms with Crippen molar-refractivity contribution in [3.05, 3.63) is 36.0 Å². The van der Waals surface area contributed by atoms with Crippen LogP contribution in [-0.2, 0) is 20.7 Å². The van der Waals surface area contributed by atoms with Crippen LogP contribution in [0.5, 0.6) is 0 Å². The van der Waals surface area contributed by atoms with Crippen LogP contribution in [0, 0.1) is 0 Å². The number of hydrogen-bond acceptors (Lipinski definition) is 6. The third-order valence-corrected chi connectivity index (χ3v) is 4.57. The predicted molar refractivity (Wildman–Crippen MR) is 103 cm³/mol. The molecule has 3 atom stereocenters. The van der Waals surface area contributed by atoms with Crippen LogP contribution in [0.2, 0.25) is 0 Å². The second-order valence-electron chi connectivity index (χ2n) is 6.54. The number of aliphatic hydroxyl groups is 1. The number of unbranched alkanes of at least 4 members (excludes halogenated alkanes) is 1. The van der Waals surface area contributed by atoms with Crippen molar-refractivity contribution in [1.82, 2.24) is 10.3 Å². The first-order chi connectivity index (χ1) is 13.0. The Morgan fingerprint density at radius 2 is 2.04 bits per heavy atom. The number of hydrogen-bond donors (Lipinski definition) is 5. The molecule has 1 heterocycles. The van der Waals surface area contributed by atoms with Crippen molar-refractivity contribution >= 4 is 22.8 Å². The molecule has 0 radical (unpaired) electrons. The van der Waals surface area contributed by atoms with Gasteiger partial charge in [0.15, 0.2) is 0 Å². The van der Waals surface area contributed by atoms with Crippen LogP contribution < -0.4 is 16.8 Å². The summed E-state index contributed by atoms with van der Waals surface area (Å²) in [5.74, 6) is -1.27. The number of nitrogens with two attached hydrogens (primary N) is 2. The Labute approximate surface area is 158 Å². The quantitative estimate of drug-likeness (QED) is 0.296. The molecule has 0 fully saturated rings. The SMILES string of the molecule is COC(=O)[C@@H](Cc1c[nH]c2ccccc12)NC(=O)[C@H](O)[C@H](N)CCCCN. The lowest BCUT2D eigenvalue weighted by Crippen LogP contribution is -2.52. The number of benzene rings is 1. The van der Waals surface area contributed by atoms with Crippen molar-refractivity contribution in [2.75, 3.05) is 13.7 Å². The van der Waals surface area contributed by atoms with E-state index < -0.39 is 30.1 Å². The number of para-hydroxylation sites is 1. The van der Waals surface area contributed by atoms with Gasteiger partial charge in [-0.25, -0.2) is 4.79 Å². The number of aliphatic hydroxyl groups excluding tert-OH is 1. The first-order valence-corrected chi connectivity index (χ1v) is 9.04. The summed E-state index contributed by atoms with van der Waals surface area (Å²) < 4.78 is 4.80. The minimum absolute atomic E-state index is 0.234. The number of rotatable bonds is 10. The Balaban J connectivity index is 2.05. The molecule has 8 nitrogen and oxygen atoms in total. The Bertz CT molecular complexity index is 761. The molecule has 0 aliphatic heterocycles. The maximum atomic E-state index is 12.4. The lowest BCUT2D eigenvalue weighted by Gasteiger charge is -2.22. The normalized spacial score (nSPS) is 14.5. The molecule has 148 valence electrons. The van der Waals surface area contributed by atoms with Crippen molar-refractivity contribution in [2.45, 2.75) is 43.9 Å². The van der Waals surface area contributed by atoms with E-state index in [4.69, 9.17) is 16.2 Å². The highest BCUT2D eigenvalue weighted by atomic mass is 16.5. The van der Waals surface area contributed by atoms with Crippen LogP contribution in [0.1, 0.15) is 24.8 Å². The molecule has 0 saturated heterocycles. The minimum Gasteiger partial charge on any atom is -0.467 e. The van der Waals surface area contributed by atoms with Gasteiger partial charge in [-0.1, -0.05) is 24.6 Å². The van der Waals surface area contributed by atoms with Crippen molar-refractivity contribution in [1.29, 1.82) is 0 Å². The second kappa shape index (κ2) is 10.1. The van der Waals surface area contributed by atoms with Gasteiger partial charge in [-0.3, -0.25) is 4.79 Å². The largest absolute Gasteiger partial charge is 0.467 e. The number of carbonyl (C=O) groups is 2. The number of esters is 1. The lowest BCUT2D eigenvalue weighted by atomic mass is 10.0. The number of fused-ring (bicyclic) bond motifs is 1. The number of H-pyrrole nitrogens is 1. The van der Waals surface area contributed by atoms with Crippen LogP contribution in [0.25, 0.3) is 10.9 Å². The van der Waals surface area contributed by atoms with Crippen molar-refractivity contribution < 1.29 is 19.4 Å². The molecule has 0 aliphatic rings. The summed E-state index contributed by atoms with van der Waals surface area (Å²) in [4.78, 5) is 27.6. The van der Waals surface area contributed by atoms with Gasteiger partial charge in [0.1, 0.15) is 12.1 Å². The third-order valence-electron chi connectivity index (χ3n) is 4.57. The van der Waals surface area contributed by atoms with Crippen molar-refractivity contribution in [2.24, 2.45) is 11.5 Å². The molecule has 2 aromatic rings. The van der Waals surface area contributed by atoms with E-state index in [1.54, 1.807) is 6.20 Å². The third kappa shape index (κ3) is 5.53.